The Morgan fingerprint density at radius 1 is 1.12 bits per heavy atom. The minimum atomic E-state index is -0.460. The summed E-state index contributed by atoms with van der Waals surface area (Å²) >= 11 is 0. The molecule has 3 N–H and O–H groups in total. The number of aliphatic imine (C=N–C) groups is 1. The molecule has 6 heteroatoms. The summed E-state index contributed by atoms with van der Waals surface area (Å²) in [5, 5.41) is 3.49. The zero-order valence-electron chi connectivity index (χ0n) is 13.7. The van der Waals surface area contributed by atoms with Crippen LogP contribution in [0.25, 0.3) is 0 Å². The molecule has 2 aliphatic rings. The zero-order valence-corrected chi connectivity index (χ0v) is 13.7. The molecule has 5 nitrogen and oxygen atoms in total. The summed E-state index contributed by atoms with van der Waals surface area (Å²) in [6.45, 7) is 1.14. The largest absolute Gasteiger partial charge is 0.383 e. The van der Waals surface area contributed by atoms with E-state index in [2.05, 4.69) is 10.3 Å². The lowest BCUT2D eigenvalue weighted by Gasteiger charge is -2.42. The normalized spacial score (nSPS) is 18.3. The number of piperidine rings is 1. The Balaban J connectivity index is 1.49. The van der Waals surface area contributed by atoms with E-state index in [0.717, 1.165) is 11.3 Å². The van der Waals surface area contributed by atoms with E-state index in [1.165, 1.54) is 24.3 Å². The van der Waals surface area contributed by atoms with Crippen LogP contribution in [0.5, 0.6) is 0 Å². The molecule has 2 heterocycles. The van der Waals surface area contributed by atoms with E-state index in [9.17, 15) is 9.18 Å². The number of amides is 1. The fraction of sp³-hybridized carbons (Fsp3) is 0.263. The smallest absolute Gasteiger partial charge is 0.253 e. The van der Waals surface area contributed by atoms with Crippen molar-refractivity contribution in [3.63, 3.8) is 0 Å². The number of hydrogen-bond donors (Lipinski definition) is 2. The second-order valence-corrected chi connectivity index (χ2v) is 6.50. The minimum Gasteiger partial charge on any atom is -0.383 e. The van der Waals surface area contributed by atoms with Crippen LogP contribution in [0.3, 0.4) is 0 Å². The Morgan fingerprint density at radius 2 is 1.80 bits per heavy atom. The Bertz CT molecular complexity index is 839. The van der Waals surface area contributed by atoms with Gasteiger partial charge in [0.05, 0.1) is 0 Å². The Kier molecular flexibility index (Phi) is 3.67. The molecule has 1 spiro atoms. The highest BCUT2D eigenvalue weighted by Gasteiger charge is 2.38. The standard InChI is InChI=1S/C19H19FN4O/c20-14-7-5-13(6-8-14)18(25)24-11-9-19(10-12-24)22-16-4-2-1-3-15(16)17(21)23-19/h1-8,22H,9-12H2,(H2,21,23). The van der Waals surface area contributed by atoms with Crippen molar-refractivity contribution >= 4 is 17.4 Å². The predicted octanol–water partition coefficient (Wildman–Crippen LogP) is 2.59. The van der Waals surface area contributed by atoms with E-state index < -0.39 is 5.66 Å². The molecule has 2 aliphatic heterocycles. The van der Waals surface area contributed by atoms with Crippen LogP contribution in [-0.2, 0) is 0 Å². The quantitative estimate of drug-likeness (QED) is 0.840. The lowest BCUT2D eigenvalue weighted by atomic mass is 9.93. The molecule has 0 aromatic heterocycles. The summed E-state index contributed by atoms with van der Waals surface area (Å²) in [5.41, 5.74) is 8.08. The van der Waals surface area contributed by atoms with Gasteiger partial charge >= 0.3 is 0 Å². The van der Waals surface area contributed by atoms with Crippen molar-refractivity contribution in [1.29, 1.82) is 0 Å². The molecule has 128 valence electrons. The molecule has 0 saturated carbocycles. The maximum atomic E-state index is 13.0. The maximum Gasteiger partial charge on any atom is 0.253 e. The Hall–Kier alpha value is -2.89. The van der Waals surface area contributed by atoms with Crippen molar-refractivity contribution in [1.82, 2.24) is 4.90 Å². The van der Waals surface area contributed by atoms with Gasteiger partial charge in [-0.15, -0.1) is 0 Å². The SMILES string of the molecule is NC1=NC2(CCN(C(=O)c3ccc(F)cc3)CC2)Nc2ccccc21. The number of fused-ring (bicyclic) bond motifs is 1. The van der Waals surface area contributed by atoms with Crippen molar-refractivity contribution in [3.05, 3.63) is 65.5 Å². The topological polar surface area (TPSA) is 70.7 Å². The molecule has 0 atom stereocenters. The fourth-order valence-corrected chi connectivity index (χ4v) is 3.48. The molecular formula is C19H19FN4O. The highest BCUT2D eigenvalue weighted by molar-refractivity contribution is 6.04. The van der Waals surface area contributed by atoms with Crippen LogP contribution >= 0.6 is 0 Å². The van der Waals surface area contributed by atoms with Crippen molar-refractivity contribution in [2.75, 3.05) is 18.4 Å². The number of amidine groups is 1. The molecule has 25 heavy (non-hydrogen) atoms. The third-order valence-electron chi connectivity index (χ3n) is 4.87. The van der Waals surface area contributed by atoms with Crippen LogP contribution in [0.4, 0.5) is 10.1 Å². The van der Waals surface area contributed by atoms with Gasteiger partial charge in [0.2, 0.25) is 0 Å². The molecule has 0 unspecified atom stereocenters. The summed E-state index contributed by atoms with van der Waals surface area (Å²) in [4.78, 5) is 19.0. The second kappa shape index (κ2) is 5.88. The molecule has 1 fully saturated rings. The number of halogens is 1. The van der Waals surface area contributed by atoms with Crippen molar-refractivity contribution < 1.29 is 9.18 Å². The van der Waals surface area contributed by atoms with Gasteiger partial charge in [0.15, 0.2) is 0 Å². The minimum absolute atomic E-state index is 0.0805. The van der Waals surface area contributed by atoms with Crippen LogP contribution in [0, 0.1) is 5.82 Å². The maximum absolute atomic E-state index is 13.0. The molecule has 1 saturated heterocycles. The molecule has 0 bridgehead atoms. The highest BCUT2D eigenvalue weighted by atomic mass is 19.1. The predicted molar refractivity (Wildman–Crippen MR) is 95.1 cm³/mol. The summed E-state index contributed by atoms with van der Waals surface area (Å²) in [6, 6.07) is 13.5. The fourth-order valence-electron chi connectivity index (χ4n) is 3.48. The molecule has 4 rings (SSSR count). The van der Waals surface area contributed by atoms with Gasteiger partial charge in [-0.1, -0.05) is 12.1 Å². The van der Waals surface area contributed by atoms with Crippen LogP contribution in [0.15, 0.2) is 53.5 Å². The number of nitrogens with two attached hydrogens (primary N) is 1. The number of nitrogens with one attached hydrogen (secondary N) is 1. The summed E-state index contributed by atoms with van der Waals surface area (Å²) in [7, 11) is 0. The van der Waals surface area contributed by atoms with Gasteiger partial charge in [0.25, 0.3) is 5.91 Å². The Labute approximate surface area is 145 Å². The third kappa shape index (κ3) is 2.84. The van der Waals surface area contributed by atoms with E-state index in [1.807, 2.05) is 24.3 Å². The van der Waals surface area contributed by atoms with E-state index in [0.29, 0.717) is 37.3 Å². The first kappa shape index (κ1) is 15.6. The number of anilines is 1. The number of benzene rings is 2. The van der Waals surface area contributed by atoms with Crippen LogP contribution in [-0.4, -0.2) is 35.4 Å². The number of hydrogen-bond acceptors (Lipinski definition) is 4. The van der Waals surface area contributed by atoms with Crippen LogP contribution in [0.1, 0.15) is 28.8 Å². The first-order chi connectivity index (χ1) is 12.1. The van der Waals surface area contributed by atoms with Crippen molar-refractivity contribution in [2.45, 2.75) is 18.5 Å². The first-order valence-corrected chi connectivity index (χ1v) is 8.34. The average molecular weight is 338 g/mol. The van der Waals surface area contributed by atoms with Gasteiger partial charge in [-0.25, -0.2) is 9.38 Å². The number of carbonyl (C=O) groups is 1. The van der Waals surface area contributed by atoms with Crippen molar-refractivity contribution in [2.24, 2.45) is 10.7 Å². The summed E-state index contributed by atoms with van der Waals surface area (Å²) in [5.74, 6) is 0.111. The number of rotatable bonds is 1. The van der Waals surface area contributed by atoms with E-state index >= 15 is 0 Å². The number of para-hydroxylation sites is 1. The second-order valence-electron chi connectivity index (χ2n) is 6.50. The molecule has 2 aromatic carbocycles. The third-order valence-corrected chi connectivity index (χ3v) is 4.87. The number of nitrogens with zero attached hydrogens (tertiary/aromatic N) is 2. The summed E-state index contributed by atoms with van der Waals surface area (Å²) in [6.07, 6.45) is 1.35. The lowest BCUT2D eigenvalue weighted by molar-refractivity contribution is 0.0685. The van der Waals surface area contributed by atoms with Gasteiger partial charge in [-0.3, -0.25) is 4.79 Å². The molecule has 1 amide bonds. The zero-order chi connectivity index (χ0) is 17.4. The monoisotopic (exact) mass is 338 g/mol. The van der Waals surface area contributed by atoms with E-state index in [1.54, 1.807) is 4.90 Å². The van der Waals surface area contributed by atoms with Gasteiger partial charge < -0.3 is 16.0 Å². The summed E-state index contributed by atoms with van der Waals surface area (Å²) < 4.78 is 13.0. The lowest BCUT2D eigenvalue weighted by Crippen LogP contribution is -2.52. The van der Waals surface area contributed by atoms with Crippen LogP contribution < -0.4 is 11.1 Å². The van der Waals surface area contributed by atoms with Gasteiger partial charge in [0.1, 0.15) is 17.3 Å². The average Bonchev–Trinajstić information content (AvgIpc) is 2.62. The Morgan fingerprint density at radius 3 is 2.52 bits per heavy atom. The highest BCUT2D eigenvalue weighted by Crippen LogP contribution is 2.34. The van der Waals surface area contributed by atoms with Gasteiger partial charge in [0, 0.05) is 42.7 Å². The first-order valence-electron chi connectivity index (χ1n) is 8.34. The van der Waals surface area contributed by atoms with Gasteiger partial charge in [-0.2, -0.15) is 0 Å². The number of likely N-dealkylation sites (tertiary alicyclic amines) is 1. The van der Waals surface area contributed by atoms with Crippen molar-refractivity contribution in [3.8, 4) is 0 Å². The molecular weight excluding hydrogens is 319 g/mol. The van der Waals surface area contributed by atoms with Crippen LogP contribution in [0.2, 0.25) is 0 Å². The van der Waals surface area contributed by atoms with E-state index in [4.69, 9.17) is 5.73 Å². The van der Waals surface area contributed by atoms with E-state index in [-0.39, 0.29) is 11.7 Å². The van der Waals surface area contributed by atoms with Gasteiger partial charge in [-0.05, 0) is 36.4 Å². The number of carbonyl (C=O) groups excluding carboxylic acids is 1. The molecule has 0 aliphatic carbocycles. The molecule has 2 aromatic rings. The molecule has 0 radical (unpaired) electrons.